The summed E-state index contributed by atoms with van der Waals surface area (Å²) in [7, 11) is 1.60. The highest BCUT2D eigenvalue weighted by atomic mass is 32.1. The van der Waals surface area contributed by atoms with Crippen molar-refractivity contribution in [3.05, 3.63) is 81.6 Å². The maximum Gasteiger partial charge on any atom is 0.300 e. The predicted molar refractivity (Wildman–Crippen MR) is 134 cm³/mol. The van der Waals surface area contributed by atoms with Gasteiger partial charge in [-0.1, -0.05) is 19.9 Å². The minimum Gasteiger partial charge on any atom is -0.507 e. The molecule has 2 aromatic carbocycles. The van der Waals surface area contributed by atoms with E-state index in [9.17, 15) is 14.7 Å². The van der Waals surface area contributed by atoms with E-state index in [-0.39, 0.29) is 17.3 Å². The number of ether oxygens (including phenoxy) is 2. The van der Waals surface area contributed by atoms with E-state index < -0.39 is 17.7 Å². The van der Waals surface area contributed by atoms with Crippen molar-refractivity contribution in [3.8, 4) is 11.5 Å². The van der Waals surface area contributed by atoms with Gasteiger partial charge >= 0.3 is 0 Å². The summed E-state index contributed by atoms with van der Waals surface area (Å²) >= 11 is 1.43. The summed E-state index contributed by atoms with van der Waals surface area (Å²) in [5.74, 6) is -0.0728. The average Bonchev–Trinajstić information content (AvgIpc) is 3.46. The molecule has 6 nitrogen and oxygen atoms in total. The number of ketones is 1. The molecule has 1 N–H and O–H groups in total. The summed E-state index contributed by atoms with van der Waals surface area (Å²) < 4.78 is 11.0. The minimum atomic E-state index is -0.734. The molecule has 1 aliphatic heterocycles. The molecule has 0 bridgehead atoms. The second-order valence-electron chi connectivity index (χ2n) is 8.22. The Morgan fingerprint density at radius 1 is 1.12 bits per heavy atom. The average molecular weight is 478 g/mol. The van der Waals surface area contributed by atoms with Gasteiger partial charge in [-0.2, -0.15) is 0 Å². The second-order valence-corrected chi connectivity index (χ2v) is 9.20. The SMILES string of the molecule is CCOc1ccc(N2C(=O)C(=O)/C(=C(\O)c3ccc(OC)c(C(C)C)c3)C2c2cccs2)cc1. The number of carbonyl (C=O) groups is 2. The predicted octanol–water partition coefficient (Wildman–Crippen LogP) is 5.91. The molecule has 1 saturated heterocycles. The maximum absolute atomic E-state index is 13.3. The van der Waals surface area contributed by atoms with Crippen LogP contribution in [-0.4, -0.2) is 30.5 Å². The van der Waals surface area contributed by atoms with Gasteiger partial charge in [-0.05, 0) is 72.3 Å². The first-order chi connectivity index (χ1) is 16.4. The van der Waals surface area contributed by atoms with E-state index in [1.165, 1.54) is 16.2 Å². The second kappa shape index (κ2) is 9.73. The summed E-state index contributed by atoms with van der Waals surface area (Å²) in [5.41, 5.74) is 2.00. The molecule has 1 fully saturated rings. The van der Waals surface area contributed by atoms with Crippen LogP contribution < -0.4 is 14.4 Å². The van der Waals surface area contributed by atoms with Crippen LogP contribution >= 0.6 is 11.3 Å². The third-order valence-corrected chi connectivity index (χ3v) is 6.73. The molecule has 176 valence electrons. The summed E-state index contributed by atoms with van der Waals surface area (Å²) in [5, 5.41) is 13.2. The molecule has 1 aromatic heterocycles. The molecule has 2 heterocycles. The summed E-state index contributed by atoms with van der Waals surface area (Å²) in [6.45, 7) is 6.47. The highest BCUT2D eigenvalue weighted by Crippen LogP contribution is 2.44. The molecule has 1 amide bonds. The van der Waals surface area contributed by atoms with Crippen LogP contribution in [0.15, 0.2) is 65.6 Å². The molecule has 0 aliphatic carbocycles. The van der Waals surface area contributed by atoms with Crippen LogP contribution in [0.5, 0.6) is 11.5 Å². The van der Waals surface area contributed by atoms with Crippen LogP contribution in [0.2, 0.25) is 0 Å². The fourth-order valence-electron chi connectivity index (χ4n) is 4.17. The van der Waals surface area contributed by atoms with Crippen LogP contribution in [0, 0.1) is 0 Å². The zero-order chi connectivity index (χ0) is 24.4. The largest absolute Gasteiger partial charge is 0.507 e. The van der Waals surface area contributed by atoms with Crippen molar-refractivity contribution in [3.63, 3.8) is 0 Å². The minimum absolute atomic E-state index is 0.0706. The normalized spacial score (nSPS) is 17.4. The van der Waals surface area contributed by atoms with E-state index in [1.807, 2.05) is 44.4 Å². The molecule has 0 radical (unpaired) electrons. The Kier molecular flexibility index (Phi) is 6.75. The number of anilines is 1. The Morgan fingerprint density at radius 2 is 1.85 bits per heavy atom. The lowest BCUT2D eigenvalue weighted by Gasteiger charge is -2.24. The summed E-state index contributed by atoms with van der Waals surface area (Å²) in [4.78, 5) is 28.7. The first-order valence-corrected chi connectivity index (χ1v) is 12.0. The van der Waals surface area contributed by atoms with Crippen molar-refractivity contribution in [2.45, 2.75) is 32.7 Å². The van der Waals surface area contributed by atoms with Gasteiger partial charge in [0.25, 0.3) is 11.7 Å². The Morgan fingerprint density at radius 3 is 2.44 bits per heavy atom. The van der Waals surface area contributed by atoms with Gasteiger partial charge in [-0.25, -0.2) is 0 Å². The Hall–Kier alpha value is -3.58. The molecule has 4 rings (SSSR count). The van der Waals surface area contributed by atoms with Gasteiger partial charge in [0.15, 0.2) is 0 Å². The van der Waals surface area contributed by atoms with Crippen molar-refractivity contribution in [2.75, 3.05) is 18.6 Å². The number of rotatable bonds is 7. The van der Waals surface area contributed by atoms with E-state index in [2.05, 4.69) is 0 Å². The lowest BCUT2D eigenvalue weighted by Crippen LogP contribution is -2.29. The van der Waals surface area contributed by atoms with E-state index in [1.54, 1.807) is 43.5 Å². The molecule has 1 aliphatic rings. The number of thiophene rings is 1. The van der Waals surface area contributed by atoms with Gasteiger partial charge in [0.1, 0.15) is 23.3 Å². The van der Waals surface area contributed by atoms with Gasteiger partial charge < -0.3 is 14.6 Å². The van der Waals surface area contributed by atoms with Crippen molar-refractivity contribution in [2.24, 2.45) is 0 Å². The highest BCUT2D eigenvalue weighted by Gasteiger charge is 2.47. The molecule has 1 atom stereocenters. The van der Waals surface area contributed by atoms with Crippen molar-refractivity contribution in [1.82, 2.24) is 0 Å². The van der Waals surface area contributed by atoms with Gasteiger partial charge in [0, 0.05) is 16.1 Å². The van der Waals surface area contributed by atoms with Crippen LogP contribution in [-0.2, 0) is 9.59 Å². The number of hydrogen-bond donors (Lipinski definition) is 1. The third kappa shape index (κ3) is 4.19. The molecule has 0 saturated carbocycles. The van der Waals surface area contributed by atoms with Crippen LogP contribution in [0.3, 0.4) is 0 Å². The van der Waals surface area contributed by atoms with Crippen molar-refractivity contribution >= 4 is 34.5 Å². The summed E-state index contributed by atoms with van der Waals surface area (Å²) in [6, 6.07) is 15.3. The monoisotopic (exact) mass is 477 g/mol. The molecule has 3 aromatic rings. The van der Waals surface area contributed by atoms with Gasteiger partial charge in [-0.15, -0.1) is 11.3 Å². The molecule has 1 unspecified atom stereocenters. The van der Waals surface area contributed by atoms with Gasteiger partial charge in [-0.3, -0.25) is 14.5 Å². The fourth-order valence-corrected chi connectivity index (χ4v) is 5.00. The smallest absolute Gasteiger partial charge is 0.300 e. The number of Topliss-reactive ketones (excluding diaryl/α,β-unsaturated/α-hetero) is 1. The lowest BCUT2D eigenvalue weighted by atomic mass is 9.95. The molecular formula is C27H27NO5S. The lowest BCUT2D eigenvalue weighted by molar-refractivity contribution is -0.132. The number of hydrogen-bond acceptors (Lipinski definition) is 6. The number of nitrogens with zero attached hydrogens (tertiary/aromatic N) is 1. The number of amides is 1. The number of carbonyl (C=O) groups excluding carboxylic acids is 2. The Bertz CT molecular complexity index is 1230. The number of benzene rings is 2. The zero-order valence-electron chi connectivity index (χ0n) is 19.6. The van der Waals surface area contributed by atoms with E-state index >= 15 is 0 Å². The van der Waals surface area contributed by atoms with E-state index in [4.69, 9.17) is 9.47 Å². The third-order valence-electron chi connectivity index (χ3n) is 5.81. The number of aliphatic hydroxyl groups excluding tert-OH is 1. The first kappa shape index (κ1) is 23.6. The standard InChI is InChI=1S/C27H27NO5S/c1-5-33-19-11-9-18(10-12-19)28-24(22-7-6-14-34-22)23(26(30)27(28)31)25(29)17-8-13-21(32-4)20(15-17)16(2)3/h6-16,24,29H,5H2,1-4H3/b25-23-. The molecular weight excluding hydrogens is 450 g/mol. The van der Waals surface area contributed by atoms with Crippen LogP contribution in [0.1, 0.15) is 48.7 Å². The zero-order valence-corrected chi connectivity index (χ0v) is 20.4. The van der Waals surface area contributed by atoms with Crippen molar-refractivity contribution in [1.29, 1.82) is 0 Å². The molecule has 7 heteroatoms. The highest BCUT2D eigenvalue weighted by molar-refractivity contribution is 7.10. The van der Waals surface area contributed by atoms with Crippen molar-refractivity contribution < 1.29 is 24.2 Å². The molecule has 0 spiro atoms. The molecule has 34 heavy (non-hydrogen) atoms. The Balaban J connectivity index is 1.86. The van der Waals surface area contributed by atoms with Gasteiger partial charge in [0.05, 0.1) is 19.3 Å². The Labute approximate surface area is 203 Å². The fraction of sp³-hybridized carbons (Fsp3) is 0.259. The van der Waals surface area contributed by atoms with E-state index in [0.29, 0.717) is 29.4 Å². The maximum atomic E-state index is 13.3. The quantitative estimate of drug-likeness (QED) is 0.260. The first-order valence-electron chi connectivity index (χ1n) is 11.1. The number of methoxy groups -OCH3 is 1. The summed E-state index contributed by atoms with van der Waals surface area (Å²) in [6.07, 6.45) is 0. The van der Waals surface area contributed by atoms with Crippen LogP contribution in [0.4, 0.5) is 5.69 Å². The van der Waals surface area contributed by atoms with E-state index in [0.717, 1.165) is 10.4 Å². The van der Waals surface area contributed by atoms with Crippen LogP contribution in [0.25, 0.3) is 5.76 Å². The number of aliphatic hydroxyl groups is 1. The topological polar surface area (TPSA) is 76.1 Å². The van der Waals surface area contributed by atoms with Gasteiger partial charge in [0.2, 0.25) is 0 Å².